The van der Waals surface area contributed by atoms with Gasteiger partial charge in [0.05, 0.1) is 32.5 Å². The molecule has 0 bridgehead atoms. The predicted molar refractivity (Wildman–Crippen MR) is 87.3 cm³/mol. The molecule has 2 aromatic rings. The molecule has 1 fully saturated rings. The molecule has 2 heterocycles. The largest absolute Gasteiger partial charge is 0.493 e. The van der Waals surface area contributed by atoms with E-state index in [1.807, 2.05) is 0 Å². The van der Waals surface area contributed by atoms with Crippen molar-refractivity contribution in [1.29, 1.82) is 0 Å². The molecule has 1 aliphatic rings. The van der Waals surface area contributed by atoms with Gasteiger partial charge in [-0.2, -0.15) is 15.4 Å². The second-order valence-electron chi connectivity index (χ2n) is 5.38. The average Bonchev–Trinajstić information content (AvgIpc) is 3.12. The fraction of sp³-hybridized carbons (Fsp3) is 0.438. The van der Waals surface area contributed by atoms with Crippen molar-refractivity contribution >= 4 is 5.91 Å². The minimum atomic E-state index is -0.679. The lowest BCUT2D eigenvalue weighted by Crippen LogP contribution is -2.26. The van der Waals surface area contributed by atoms with Crippen LogP contribution in [0.4, 0.5) is 0 Å². The number of nitrogens with one attached hydrogen (secondary N) is 1. The maximum Gasteiger partial charge on any atom is 0.271 e. The summed E-state index contributed by atoms with van der Waals surface area (Å²) in [6, 6.07) is 5.29. The van der Waals surface area contributed by atoms with Crippen molar-refractivity contribution in [3.8, 4) is 22.8 Å². The van der Waals surface area contributed by atoms with E-state index in [4.69, 9.17) is 24.7 Å². The maximum absolute atomic E-state index is 11.5. The van der Waals surface area contributed by atoms with E-state index in [2.05, 4.69) is 15.4 Å². The van der Waals surface area contributed by atoms with Crippen LogP contribution in [0.5, 0.6) is 11.5 Å². The second kappa shape index (κ2) is 7.95. The number of amides is 1. The molecule has 0 radical (unpaired) electrons. The molecular formula is C16H20N4O5. The van der Waals surface area contributed by atoms with Gasteiger partial charge in [-0.1, -0.05) is 6.07 Å². The van der Waals surface area contributed by atoms with E-state index in [0.717, 1.165) is 6.42 Å². The van der Waals surface area contributed by atoms with Gasteiger partial charge in [-0.3, -0.25) is 4.79 Å². The van der Waals surface area contributed by atoms with Crippen LogP contribution in [0.25, 0.3) is 11.3 Å². The lowest BCUT2D eigenvalue weighted by Gasteiger charge is -2.23. The Morgan fingerprint density at radius 2 is 2.16 bits per heavy atom. The molecule has 25 heavy (non-hydrogen) atoms. The molecule has 1 aromatic carbocycles. The van der Waals surface area contributed by atoms with E-state index >= 15 is 0 Å². The van der Waals surface area contributed by atoms with Crippen molar-refractivity contribution in [1.82, 2.24) is 15.4 Å². The SMILES string of the molecule is COc1cccc(-c2n[nH]nc2C(N)=O)c1OCCC1OCCCO1. The molecule has 1 aromatic heterocycles. The lowest BCUT2D eigenvalue weighted by atomic mass is 10.1. The fourth-order valence-corrected chi connectivity index (χ4v) is 2.56. The molecule has 0 spiro atoms. The number of para-hydroxylation sites is 1. The summed E-state index contributed by atoms with van der Waals surface area (Å²) < 4.78 is 22.3. The van der Waals surface area contributed by atoms with Gasteiger partial charge in [-0.05, 0) is 18.6 Å². The standard InChI is InChI=1S/C16H20N4O5/c1-22-11-5-2-4-10(13-14(16(17)21)19-20-18-13)15(11)25-9-6-12-23-7-3-8-24-12/h2,4-5,12H,3,6-9H2,1H3,(H2,17,21)(H,18,19,20). The number of hydrogen-bond acceptors (Lipinski definition) is 7. The number of hydrogen-bond donors (Lipinski definition) is 2. The van der Waals surface area contributed by atoms with Crippen LogP contribution in [0.3, 0.4) is 0 Å². The number of aromatic amines is 1. The number of benzene rings is 1. The number of carbonyl (C=O) groups excluding carboxylic acids is 1. The van der Waals surface area contributed by atoms with Gasteiger partial charge in [-0.15, -0.1) is 0 Å². The number of rotatable bonds is 7. The van der Waals surface area contributed by atoms with Crippen molar-refractivity contribution in [3.05, 3.63) is 23.9 Å². The first-order chi connectivity index (χ1) is 12.2. The zero-order chi connectivity index (χ0) is 17.6. The van der Waals surface area contributed by atoms with Crippen LogP contribution in [0.2, 0.25) is 0 Å². The summed E-state index contributed by atoms with van der Waals surface area (Å²) in [5.74, 6) is 0.292. The third-order valence-electron chi connectivity index (χ3n) is 3.73. The summed E-state index contributed by atoms with van der Waals surface area (Å²) >= 11 is 0. The Balaban J connectivity index is 1.81. The van der Waals surface area contributed by atoms with Crippen molar-refractivity contribution in [3.63, 3.8) is 0 Å². The Morgan fingerprint density at radius 1 is 1.36 bits per heavy atom. The van der Waals surface area contributed by atoms with Crippen LogP contribution in [0.1, 0.15) is 23.3 Å². The van der Waals surface area contributed by atoms with Gasteiger partial charge in [0.2, 0.25) is 0 Å². The molecule has 3 N–H and O–H groups in total. The summed E-state index contributed by atoms with van der Waals surface area (Å²) in [4.78, 5) is 11.5. The van der Waals surface area contributed by atoms with Crippen LogP contribution in [0, 0.1) is 0 Å². The summed E-state index contributed by atoms with van der Waals surface area (Å²) in [6.07, 6.45) is 1.19. The number of primary amides is 1. The van der Waals surface area contributed by atoms with Gasteiger partial charge in [0, 0.05) is 6.42 Å². The molecule has 9 nitrogen and oxygen atoms in total. The molecule has 0 saturated carbocycles. The second-order valence-corrected chi connectivity index (χ2v) is 5.38. The molecule has 1 saturated heterocycles. The van der Waals surface area contributed by atoms with Crippen LogP contribution in [-0.4, -0.2) is 54.5 Å². The number of methoxy groups -OCH3 is 1. The van der Waals surface area contributed by atoms with Crippen molar-refractivity contribution in [2.24, 2.45) is 5.73 Å². The Hall–Kier alpha value is -2.65. The van der Waals surface area contributed by atoms with Gasteiger partial charge < -0.3 is 24.7 Å². The van der Waals surface area contributed by atoms with E-state index < -0.39 is 5.91 Å². The number of H-pyrrole nitrogens is 1. The zero-order valence-corrected chi connectivity index (χ0v) is 13.9. The Kier molecular flexibility index (Phi) is 5.46. The molecular weight excluding hydrogens is 328 g/mol. The van der Waals surface area contributed by atoms with Crippen LogP contribution in [-0.2, 0) is 9.47 Å². The molecule has 134 valence electrons. The highest BCUT2D eigenvalue weighted by molar-refractivity contribution is 5.97. The summed E-state index contributed by atoms with van der Waals surface area (Å²) in [5.41, 5.74) is 6.26. The predicted octanol–water partition coefficient (Wildman–Crippen LogP) is 1.11. The summed E-state index contributed by atoms with van der Waals surface area (Å²) in [5, 5.41) is 10.2. The fourth-order valence-electron chi connectivity index (χ4n) is 2.56. The summed E-state index contributed by atoms with van der Waals surface area (Å²) in [6.45, 7) is 1.72. The quantitative estimate of drug-likeness (QED) is 0.768. The van der Waals surface area contributed by atoms with E-state index in [9.17, 15) is 4.79 Å². The van der Waals surface area contributed by atoms with Crippen molar-refractivity contribution in [2.75, 3.05) is 26.9 Å². The van der Waals surface area contributed by atoms with Crippen LogP contribution in [0.15, 0.2) is 18.2 Å². The van der Waals surface area contributed by atoms with Gasteiger partial charge in [0.15, 0.2) is 23.5 Å². The van der Waals surface area contributed by atoms with Crippen LogP contribution < -0.4 is 15.2 Å². The maximum atomic E-state index is 11.5. The molecule has 1 aliphatic heterocycles. The molecule has 0 aliphatic carbocycles. The smallest absolute Gasteiger partial charge is 0.271 e. The van der Waals surface area contributed by atoms with E-state index in [-0.39, 0.29) is 12.0 Å². The number of nitrogens with two attached hydrogens (primary N) is 1. The number of nitrogens with zero attached hydrogens (tertiary/aromatic N) is 2. The van der Waals surface area contributed by atoms with Crippen molar-refractivity contribution < 1.29 is 23.7 Å². The first-order valence-electron chi connectivity index (χ1n) is 7.94. The lowest BCUT2D eigenvalue weighted by molar-refractivity contribution is -0.183. The topological polar surface area (TPSA) is 122 Å². The molecule has 0 unspecified atom stereocenters. The molecule has 1 amide bonds. The third-order valence-corrected chi connectivity index (χ3v) is 3.73. The molecule has 0 atom stereocenters. The first-order valence-corrected chi connectivity index (χ1v) is 7.94. The number of aromatic nitrogens is 3. The van der Waals surface area contributed by atoms with E-state index in [0.29, 0.717) is 49.0 Å². The molecule has 3 rings (SSSR count). The third kappa shape index (κ3) is 3.89. The van der Waals surface area contributed by atoms with Crippen molar-refractivity contribution in [2.45, 2.75) is 19.1 Å². The van der Waals surface area contributed by atoms with Gasteiger partial charge in [-0.25, -0.2) is 0 Å². The monoisotopic (exact) mass is 348 g/mol. The highest BCUT2D eigenvalue weighted by Crippen LogP contribution is 2.38. The van der Waals surface area contributed by atoms with Gasteiger partial charge in [0.1, 0.15) is 5.69 Å². The summed E-state index contributed by atoms with van der Waals surface area (Å²) in [7, 11) is 1.54. The Labute approximate surface area is 144 Å². The minimum absolute atomic E-state index is 0.0389. The first kappa shape index (κ1) is 17.2. The highest BCUT2D eigenvalue weighted by Gasteiger charge is 2.22. The minimum Gasteiger partial charge on any atom is -0.493 e. The van der Waals surface area contributed by atoms with E-state index in [1.54, 1.807) is 18.2 Å². The van der Waals surface area contributed by atoms with E-state index in [1.165, 1.54) is 7.11 Å². The van der Waals surface area contributed by atoms with Crippen LogP contribution >= 0.6 is 0 Å². The Morgan fingerprint density at radius 3 is 2.88 bits per heavy atom. The Bertz CT molecular complexity index is 727. The number of carbonyl (C=O) groups is 1. The number of ether oxygens (including phenoxy) is 4. The normalized spacial score (nSPS) is 15.1. The average molecular weight is 348 g/mol. The highest BCUT2D eigenvalue weighted by atomic mass is 16.7. The van der Waals surface area contributed by atoms with Gasteiger partial charge in [0.25, 0.3) is 5.91 Å². The zero-order valence-electron chi connectivity index (χ0n) is 13.9. The molecule has 9 heteroatoms. The van der Waals surface area contributed by atoms with Gasteiger partial charge >= 0.3 is 0 Å².